The van der Waals surface area contributed by atoms with Crippen LogP contribution in [-0.4, -0.2) is 43.6 Å². The van der Waals surface area contributed by atoms with Crippen LogP contribution in [0.15, 0.2) is 35.3 Å². The van der Waals surface area contributed by atoms with Crippen LogP contribution in [0.1, 0.15) is 32.6 Å². The van der Waals surface area contributed by atoms with Gasteiger partial charge in [-0.15, -0.1) is 24.0 Å². The lowest BCUT2D eigenvalue weighted by molar-refractivity contribution is 0.308. The van der Waals surface area contributed by atoms with Gasteiger partial charge in [-0.3, -0.25) is 4.99 Å². The summed E-state index contributed by atoms with van der Waals surface area (Å²) >= 11 is 0. The van der Waals surface area contributed by atoms with Crippen LogP contribution in [0.2, 0.25) is 0 Å². The van der Waals surface area contributed by atoms with E-state index in [2.05, 4.69) is 17.1 Å². The van der Waals surface area contributed by atoms with Crippen molar-refractivity contribution in [3.63, 3.8) is 0 Å². The molecule has 0 bridgehead atoms. The summed E-state index contributed by atoms with van der Waals surface area (Å²) in [5.74, 6) is 2.03. The number of unbranched alkanes of at least 4 members (excludes halogenated alkanes) is 1. The van der Waals surface area contributed by atoms with E-state index in [4.69, 9.17) is 9.73 Å². The van der Waals surface area contributed by atoms with Gasteiger partial charge in [0.2, 0.25) is 0 Å². The van der Waals surface area contributed by atoms with Crippen LogP contribution in [0.5, 0.6) is 5.75 Å². The van der Waals surface area contributed by atoms with Gasteiger partial charge in [0.25, 0.3) is 0 Å². The van der Waals surface area contributed by atoms with Gasteiger partial charge in [0.15, 0.2) is 5.96 Å². The highest BCUT2D eigenvalue weighted by molar-refractivity contribution is 14.0. The maximum absolute atomic E-state index is 5.69. The molecule has 2 rings (SSSR count). The fourth-order valence-electron chi connectivity index (χ4n) is 2.46. The molecule has 0 aliphatic carbocycles. The predicted octanol–water partition coefficient (Wildman–Crippen LogP) is 3.52. The predicted molar refractivity (Wildman–Crippen MR) is 103 cm³/mol. The van der Waals surface area contributed by atoms with Crippen LogP contribution >= 0.6 is 24.0 Å². The van der Waals surface area contributed by atoms with E-state index in [1.54, 1.807) is 0 Å². The minimum atomic E-state index is 0. The van der Waals surface area contributed by atoms with Crippen LogP contribution in [0, 0.1) is 0 Å². The van der Waals surface area contributed by atoms with Crippen molar-refractivity contribution in [1.29, 1.82) is 0 Å². The zero-order chi connectivity index (χ0) is 14.8. The number of hydrogen-bond donors (Lipinski definition) is 1. The fraction of sp³-hybridized carbons (Fsp3) is 0.588. The largest absolute Gasteiger partial charge is 0.494 e. The molecule has 0 radical (unpaired) electrons. The second-order valence-corrected chi connectivity index (χ2v) is 5.30. The Morgan fingerprint density at radius 2 is 1.91 bits per heavy atom. The van der Waals surface area contributed by atoms with Crippen molar-refractivity contribution in [1.82, 2.24) is 10.2 Å². The number of halogens is 1. The number of para-hydroxylation sites is 1. The van der Waals surface area contributed by atoms with Gasteiger partial charge in [0.05, 0.1) is 6.61 Å². The van der Waals surface area contributed by atoms with Crippen LogP contribution in [0.25, 0.3) is 0 Å². The van der Waals surface area contributed by atoms with Gasteiger partial charge in [0, 0.05) is 26.2 Å². The molecular formula is C17H28IN3O. The van der Waals surface area contributed by atoms with E-state index in [0.29, 0.717) is 0 Å². The van der Waals surface area contributed by atoms with Gasteiger partial charge in [0.1, 0.15) is 5.75 Å². The molecule has 0 amide bonds. The van der Waals surface area contributed by atoms with E-state index < -0.39 is 0 Å². The number of likely N-dealkylation sites (tertiary alicyclic amines) is 1. The van der Waals surface area contributed by atoms with Crippen molar-refractivity contribution < 1.29 is 4.74 Å². The summed E-state index contributed by atoms with van der Waals surface area (Å²) in [6.07, 6.45) is 4.68. The summed E-state index contributed by atoms with van der Waals surface area (Å²) in [6, 6.07) is 9.99. The van der Waals surface area contributed by atoms with Gasteiger partial charge >= 0.3 is 0 Å². The fourth-order valence-corrected chi connectivity index (χ4v) is 2.46. The van der Waals surface area contributed by atoms with E-state index in [1.807, 2.05) is 30.3 Å². The van der Waals surface area contributed by atoms with E-state index in [9.17, 15) is 0 Å². The highest BCUT2D eigenvalue weighted by atomic mass is 127. The normalized spacial score (nSPS) is 14.6. The minimum absolute atomic E-state index is 0. The van der Waals surface area contributed by atoms with Crippen molar-refractivity contribution in [3.05, 3.63) is 30.3 Å². The van der Waals surface area contributed by atoms with Crippen LogP contribution in [-0.2, 0) is 0 Å². The maximum Gasteiger partial charge on any atom is 0.193 e. The third-order valence-corrected chi connectivity index (χ3v) is 3.57. The number of aliphatic imine (C=N–C) groups is 1. The molecule has 22 heavy (non-hydrogen) atoms. The lowest BCUT2D eigenvalue weighted by Crippen LogP contribution is -2.39. The summed E-state index contributed by atoms with van der Waals surface area (Å²) in [5.41, 5.74) is 0. The second-order valence-electron chi connectivity index (χ2n) is 5.30. The average molecular weight is 417 g/mol. The first kappa shape index (κ1) is 19.1. The summed E-state index contributed by atoms with van der Waals surface area (Å²) in [7, 11) is 0. The molecule has 1 aliphatic rings. The molecule has 5 heteroatoms. The second kappa shape index (κ2) is 11.6. The zero-order valence-electron chi connectivity index (χ0n) is 13.5. The number of hydrogen-bond acceptors (Lipinski definition) is 2. The molecule has 1 saturated heterocycles. The van der Waals surface area contributed by atoms with Gasteiger partial charge < -0.3 is 15.0 Å². The lowest BCUT2D eigenvalue weighted by Gasteiger charge is -2.20. The monoisotopic (exact) mass is 417 g/mol. The first-order valence-corrected chi connectivity index (χ1v) is 8.11. The molecule has 0 spiro atoms. The van der Waals surface area contributed by atoms with E-state index in [0.717, 1.165) is 57.3 Å². The Balaban J connectivity index is 0.00000242. The van der Waals surface area contributed by atoms with Crippen molar-refractivity contribution in [2.24, 2.45) is 4.99 Å². The molecule has 1 aromatic rings. The summed E-state index contributed by atoms with van der Waals surface area (Å²) < 4.78 is 5.69. The topological polar surface area (TPSA) is 36.9 Å². The number of nitrogens with one attached hydrogen (secondary N) is 1. The van der Waals surface area contributed by atoms with Crippen molar-refractivity contribution >= 4 is 29.9 Å². The molecule has 1 N–H and O–H groups in total. The Morgan fingerprint density at radius 3 is 2.59 bits per heavy atom. The molecule has 0 unspecified atom stereocenters. The summed E-state index contributed by atoms with van der Waals surface area (Å²) in [6.45, 7) is 6.98. The van der Waals surface area contributed by atoms with Crippen molar-refractivity contribution in [3.8, 4) is 5.75 Å². The third-order valence-electron chi connectivity index (χ3n) is 3.57. The quantitative estimate of drug-likeness (QED) is 0.319. The van der Waals surface area contributed by atoms with Crippen LogP contribution in [0.4, 0.5) is 0 Å². The molecule has 0 atom stereocenters. The van der Waals surface area contributed by atoms with Crippen molar-refractivity contribution in [2.75, 3.05) is 32.8 Å². The lowest BCUT2D eigenvalue weighted by atomic mass is 10.3. The number of nitrogens with zero attached hydrogens (tertiary/aromatic N) is 2. The molecule has 0 saturated carbocycles. The number of ether oxygens (including phenoxy) is 1. The highest BCUT2D eigenvalue weighted by Gasteiger charge is 2.14. The Hall–Kier alpha value is -0.980. The Labute approximate surface area is 151 Å². The standard InChI is InChI=1S/C17H27N3O.HI/c1-2-18-17(20-13-7-8-14-20)19-12-6-9-15-21-16-10-4-3-5-11-16;/h3-5,10-11H,2,6-9,12-15H2,1H3,(H,18,19);1H. The molecule has 1 aromatic carbocycles. The van der Waals surface area contributed by atoms with E-state index in [1.165, 1.54) is 12.8 Å². The maximum atomic E-state index is 5.69. The van der Waals surface area contributed by atoms with Crippen LogP contribution < -0.4 is 10.1 Å². The van der Waals surface area contributed by atoms with Gasteiger partial charge in [-0.2, -0.15) is 0 Å². The number of guanidine groups is 1. The first-order valence-electron chi connectivity index (χ1n) is 8.11. The van der Waals surface area contributed by atoms with E-state index >= 15 is 0 Å². The molecule has 1 heterocycles. The summed E-state index contributed by atoms with van der Waals surface area (Å²) in [4.78, 5) is 7.08. The third kappa shape index (κ3) is 6.85. The van der Waals surface area contributed by atoms with Gasteiger partial charge in [-0.25, -0.2) is 0 Å². The van der Waals surface area contributed by atoms with Crippen molar-refractivity contribution in [2.45, 2.75) is 32.6 Å². The Bertz CT molecular complexity index is 419. The molecular weight excluding hydrogens is 389 g/mol. The molecule has 1 fully saturated rings. The molecule has 1 aliphatic heterocycles. The van der Waals surface area contributed by atoms with E-state index in [-0.39, 0.29) is 24.0 Å². The highest BCUT2D eigenvalue weighted by Crippen LogP contribution is 2.09. The average Bonchev–Trinajstić information content (AvgIpc) is 3.05. The van der Waals surface area contributed by atoms with Crippen LogP contribution in [0.3, 0.4) is 0 Å². The summed E-state index contributed by atoms with van der Waals surface area (Å²) in [5, 5.41) is 3.39. The smallest absolute Gasteiger partial charge is 0.193 e. The molecule has 0 aromatic heterocycles. The molecule has 4 nitrogen and oxygen atoms in total. The van der Waals surface area contributed by atoms with Gasteiger partial charge in [-0.05, 0) is 44.7 Å². The SMILES string of the molecule is CCNC(=NCCCCOc1ccccc1)N1CCCC1.I. The van der Waals surface area contributed by atoms with Gasteiger partial charge in [-0.1, -0.05) is 18.2 Å². The Morgan fingerprint density at radius 1 is 1.18 bits per heavy atom. The number of rotatable bonds is 7. The molecule has 124 valence electrons. The number of benzene rings is 1. The Kier molecular flexibility index (Phi) is 10.0. The first-order chi connectivity index (χ1) is 10.4. The minimum Gasteiger partial charge on any atom is -0.494 e. The zero-order valence-corrected chi connectivity index (χ0v) is 15.8.